The molecular weight excluding hydrogens is 310 g/mol. The Hall–Kier alpha value is -1.39. The van der Waals surface area contributed by atoms with Crippen molar-refractivity contribution in [1.29, 1.82) is 0 Å². The van der Waals surface area contributed by atoms with Crippen molar-refractivity contribution in [2.75, 3.05) is 13.6 Å². The first-order valence-corrected chi connectivity index (χ1v) is 9.74. The number of carbonyl (C=O) groups is 1. The standard InChI is InChI=1S/C21H31N3O/c1-20(2,3)13-10-15(17-6-5-9-23-17)14-12-18(19(25)22-4)24-21(7-8-21)16(14)11-13/h10-11,17-18,23-24H,5-9,12H2,1-4H3,(H,22,25). The van der Waals surface area contributed by atoms with Crippen LogP contribution in [0.5, 0.6) is 0 Å². The van der Waals surface area contributed by atoms with E-state index in [1.54, 1.807) is 7.05 Å². The molecule has 1 spiro atoms. The molecule has 1 aromatic rings. The van der Waals surface area contributed by atoms with Gasteiger partial charge in [0.25, 0.3) is 0 Å². The average molecular weight is 341 g/mol. The third-order valence-electron chi connectivity index (χ3n) is 6.27. The Labute approximate surface area is 151 Å². The SMILES string of the molecule is CNC(=O)C1Cc2c(C3CCCN3)cc(C(C)(C)C)cc2C2(CC2)N1. The molecule has 4 heteroatoms. The first-order valence-electron chi connectivity index (χ1n) is 9.74. The van der Waals surface area contributed by atoms with Crippen molar-refractivity contribution < 1.29 is 4.79 Å². The van der Waals surface area contributed by atoms with Gasteiger partial charge in [0, 0.05) is 18.6 Å². The van der Waals surface area contributed by atoms with Crippen LogP contribution in [0.3, 0.4) is 0 Å². The third-order valence-corrected chi connectivity index (χ3v) is 6.27. The van der Waals surface area contributed by atoms with Crippen LogP contribution in [0.4, 0.5) is 0 Å². The van der Waals surface area contributed by atoms with Crippen LogP contribution in [0.1, 0.15) is 74.8 Å². The minimum atomic E-state index is -0.111. The zero-order valence-electron chi connectivity index (χ0n) is 16.0. The second-order valence-electron chi connectivity index (χ2n) is 9.09. The molecule has 1 saturated heterocycles. The van der Waals surface area contributed by atoms with E-state index in [1.165, 1.54) is 35.1 Å². The molecule has 2 unspecified atom stereocenters. The lowest BCUT2D eigenvalue weighted by Crippen LogP contribution is -2.52. The zero-order valence-corrected chi connectivity index (χ0v) is 16.0. The molecule has 136 valence electrons. The van der Waals surface area contributed by atoms with E-state index in [0.717, 1.165) is 25.8 Å². The van der Waals surface area contributed by atoms with Gasteiger partial charge in [-0.3, -0.25) is 10.1 Å². The Morgan fingerprint density at radius 1 is 1.28 bits per heavy atom. The van der Waals surface area contributed by atoms with Gasteiger partial charge in [-0.05, 0) is 66.3 Å². The van der Waals surface area contributed by atoms with Crippen molar-refractivity contribution in [2.24, 2.45) is 0 Å². The molecule has 2 heterocycles. The molecule has 4 nitrogen and oxygen atoms in total. The van der Waals surface area contributed by atoms with Gasteiger partial charge in [0.15, 0.2) is 0 Å². The highest BCUT2D eigenvalue weighted by Gasteiger charge is 2.51. The number of nitrogens with one attached hydrogen (secondary N) is 3. The van der Waals surface area contributed by atoms with E-state index in [0.29, 0.717) is 6.04 Å². The van der Waals surface area contributed by atoms with Gasteiger partial charge in [-0.2, -0.15) is 0 Å². The topological polar surface area (TPSA) is 53.2 Å². The summed E-state index contributed by atoms with van der Waals surface area (Å²) >= 11 is 0. The third kappa shape index (κ3) is 2.89. The van der Waals surface area contributed by atoms with Crippen LogP contribution in [0, 0.1) is 0 Å². The van der Waals surface area contributed by atoms with Gasteiger partial charge in [-0.1, -0.05) is 32.9 Å². The summed E-state index contributed by atoms with van der Waals surface area (Å²) in [6, 6.07) is 5.17. The summed E-state index contributed by atoms with van der Waals surface area (Å²) in [6.07, 6.45) is 5.51. The van der Waals surface area contributed by atoms with Crippen LogP contribution < -0.4 is 16.0 Å². The van der Waals surface area contributed by atoms with Gasteiger partial charge < -0.3 is 10.6 Å². The lowest BCUT2D eigenvalue weighted by Gasteiger charge is -2.37. The Balaban J connectivity index is 1.85. The molecule has 2 atom stereocenters. The van der Waals surface area contributed by atoms with Crippen molar-refractivity contribution in [1.82, 2.24) is 16.0 Å². The Kier molecular flexibility index (Phi) is 3.97. The molecule has 0 radical (unpaired) electrons. The largest absolute Gasteiger partial charge is 0.358 e. The predicted octanol–water partition coefficient (Wildman–Crippen LogP) is 2.66. The fourth-order valence-corrected chi connectivity index (χ4v) is 4.58. The number of benzene rings is 1. The second kappa shape index (κ2) is 5.82. The minimum absolute atomic E-state index is 0.0272. The highest BCUT2D eigenvalue weighted by molar-refractivity contribution is 5.82. The van der Waals surface area contributed by atoms with Crippen LogP contribution in [0.25, 0.3) is 0 Å². The normalized spacial score (nSPS) is 27.2. The van der Waals surface area contributed by atoms with E-state index < -0.39 is 0 Å². The van der Waals surface area contributed by atoms with Gasteiger partial charge in [-0.25, -0.2) is 0 Å². The van der Waals surface area contributed by atoms with Crippen molar-refractivity contribution in [2.45, 2.75) is 75.9 Å². The van der Waals surface area contributed by atoms with Gasteiger partial charge in [0.1, 0.15) is 0 Å². The van der Waals surface area contributed by atoms with Gasteiger partial charge >= 0.3 is 0 Å². The maximum Gasteiger partial charge on any atom is 0.237 e. The van der Waals surface area contributed by atoms with Gasteiger partial charge in [-0.15, -0.1) is 0 Å². The number of hydrogen-bond donors (Lipinski definition) is 3. The van der Waals surface area contributed by atoms with Crippen molar-refractivity contribution in [3.05, 3.63) is 34.4 Å². The van der Waals surface area contributed by atoms with E-state index >= 15 is 0 Å². The summed E-state index contributed by atoms with van der Waals surface area (Å²) in [7, 11) is 1.74. The Morgan fingerprint density at radius 3 is 2.60 bits per heavy atom. The van der Waals surface area contributed by atoms with Crippen molar-refractivity contribution in [3.63, 3.8) is 0 Å². The van der Waals surface area contributed by atoms with Gasteiger partial charge in [0.2, 0.25) is 5.91 Å². The molecule has 3 aliphatic rings. The quantitative estimate of drug-likeness (QED) is 0.775. The lowest BCUT2D eigenvalue weighted by atomic mass is 9.77. The van der Waals surface area contributed by atoms with Crippen LogP contribution in [-0.2, 0) is 22.2 Å². The number of amides is 1. The maximum atomic E-state index is 12.4. The fraction of sp³-hybridized carbons (Fsp3) is 0.667. The first kappa shape index (κ1) is 17.0. The van der Waals surface area contributed by atoms with Crippen LogP contribution >= 0.6 is 0 Å². The number of fused-ring (bicyclic) bond motifs is 2. The number of rotatable bonds is 2. The minimum Gasteiger partial charge on any atom is -0.358 e. The molecule has 0 bridgehead atoms. The molecule has 25 heavy (non-hydrogen) atoms. The maximum absolute atomic E-state index is 12.4. The fourth-order valence-electron chi connectivity index (χ4n) is 4.58. The first-order chi connectivity index (χ1) is 11.8. The summed E-state index contributed by atoms with van der Waals surface area (Å²) < 4.78 is 0. The molecule has 1 saturated carbocycles. The Bertz CT molecular complexity index is 694. The predicted molar refractivity (Wildman–Crippen MR) is 101 cm³/mol. The zero-order chi connectivity index (χ0) is 17.8. The monoisotopic (exact) mass is 341 g/mol. The summed E-state index contributed by atoms with van der Waals surface area (Å²) in [5.74, 6) is 0.113. The van der Waals surface area contributed by atoms with Crippen molar-refractivity contribution >= 4 is 5.91 Å². The molecule has 0 aromatic heterocycles. The molecule has 1 aliphatic carbocycles. The van der Waals surface area contributed by atoms with Crippen LogP contribution in [-0.4, -0.2) is 25.5 Å². The Morgan fingerprint density at radius 2 is 2.04 bits per heavy atom. The molecule has 2 fully saturated rings. The summed E-state index contributed by atoms with van der Waals surface area (Å²) in [4.78, 5) is 12.4. The van der Waals surface area contributed by atoms with E-state index in [9.17, 15) is 4.79 Å². The summed E-state index contributed by atoms with van der Waals surface area (Å²) in [5.41, 5.74) is 5.92. The smallest absolute Gasteiger partial charge is 0.237 e. The highest BCUT2D eigenvalue weighted by Crippen LogP contribution is 2.52. The number of carbonyl (C=O) groups excluding carboxylic acids is 1. The summed E-state index contributed by atoms with van der Waals surface area (Å²) in [6.45, 7) is 7.98. The van der Waals surface area contributed by atoms with E-state index in [2.05, 4.69) is 48.9 Å². The number of likely N-dealkylation sites (N-methyl/N-ethyl adjacent to an activating group) is 1. The second-order valence-corrected chi connectivity index (χ2v) is 9.09. The average Bonchev–Trinajstić information content (AvgIpc) is 3.12. The summed E-state index contributed by atoms with van der Waals surface area (Å²) in [5, 5.41) is 10.2. The van der Waals surface area contributed by atoms with Crippen LogP contribution in [0.15, 0.2) is 12.1 Å². The molecule has 1 aromatic carbocycles. The lowest BCUT2D eigenvalue weighted by molar-refractivity contribution is -0.123. The van der Waals surface area contributed by atoms with Gasteiger partial charge in [0.05, 0.1) is 6.04 Å². The van der Waals surface area contributed by atoms with E-state index in [4.69, 9.17) is 0 Å². The highest BCUT2D eigenvalue weighted by atomic mass is 16.2. The molecule has 4 rings (SSSR count). The van der Waals surface area contributed by atoms with Crippen LogP contribution in [0.2, 0.25) is 0 Å². The van der Waals surface area contributed by atoms with E-state index in [1.807, 2.05) is 0 Å². The molecular formula is C21H31N3O. The molecule has 2 aliphatic heterocycles. The van der Waals surface area contributed by atoms with E-state index in [-0.39, 0.29) is 22.9 Å². The number of hydrogen-bond acceptors (Lipinski definition) is 3. The molecule has 3 N–H and O–H groups in total. The van der Waals surface area contributed by atoms with Crippen molar-refractivity contribution in [3.8, 4) is 0 Å². The molecule has 1 amide bonds.